The first-order valence-corrected chi connectivity index (χ1v) is 18.4. The molecular formula is C37H56N4O9S. The second kappa shape index (κ2) is 19.4. The molecule has 1 saturated heterocycles. The molecule has 0 aliphatic carbocycles. The van der Waals surface area contributed by atoms with Gasteiger partial charge in [-0.25, -0.2) is 4.98 Å². The zero-order valence-electron chi connectivity index (χ0n) is 31.3. The largest absolute Gasteiger partial charge is 0.460 e. The third-order valence-corrected chi connectivity index (χ3v) is 9.13. The van der Waals surface area contributed by atoms with Crippen molar-refractivity contribution in [2.24, 2.45) is 5.41 Å². The lowest BCUT2D eigenvalue weighted by atomic mass is 9.85. The van der Waals surface area contributed by atoms with Crippen molar-refractivity contribution in [2.75, 3.05) is 46.2 Å². The number of ether oxygens (including phenoxy) is 4. The Morgan fingerprint density at radius 1 is 0.922 bits per heavy atom. The molecule has 0 spiro atoms. The quantitative estimate of drug-likeness (QED) is 0.151. The van der Waals surface area contributed by atoms with Gasteiger partial charge in [0.05, 0.1) is 74.3 Å². The number of amides is 3. The van der Waals surface area contributed by atoms with E-state index in [1.807, 2.05) is 85.2 Å². The Balaban J connectivity index is 1.42. The Kier molecular flexibility index (Phi) is 16.0. The van der Waals surface area contributed by atoms with Crippen LogP contribution in [0.2, 0.25) is 0 Å². The standard InChI is InChI=1S/C37H56N4O9S/c1-24(26-9-11-27(12-10-26)32-25(2)38-23-51-32)39-34(45)29-21-28(42)22-41(29)35(46)33(36(3,4)5)40-30(43)13-15-47-17-19-49-20-18-48-16-14-31(44)50-37(6,7)8/h9-12,23-24,28-29,33,42H,13-22H2,1-8H3,(H,39,45)(H,40,43). The number of aryl methyl sites for hydroxylation is 1. The van der Waals surface area contributed by atoms with Crippen LogP contribution in [0.25, 0.3) is 10.4 Å². The lowest BCUT2D eigenvalue weighted by Crippen LogP contribution is -2.58. The summed E-state index contributed by atoms with van der Waals surface area (Å²) in [5, 5.41) is 16.4. The SMILES string of the molecule is Cc1ncsc1-c1ccc(C(C)NC(=O)C2CC(O)CN2C(=O)C(NC(=O)CCOCCOCCOCCC(=O)OC(C)(C)C)C(C)(C)C)cc1. The highest BCUT2D eigenvalue weighted by molar-refractivity contribution is 7.13. The van der Waals surface area contributed by atoms with Gasteiger partial charge in [0, 0.05) is 19.4 Å². The van der Waals surface area contributed by atoms with Gasteiger partial charge in [-0.15, -0.1) is 11.3 Å². The van der Waals surface area contributed by atoms with Gasteiger partial charge < -0.3 is 39.6 Å². The molecule has 1 aliphatic rings. The number of aliphatic hydroxyl groups excluding tert-OH is 1. The molecule has 4 atom stereocenters. The van der Waals surface area contributed by atoms with Crippen molar-refractivity contribution < 1.29 is 43.2 Å². The fourth-order valence-corrected chi connectivity index (χ4v) is 6.32. The van der Waals surface area contributed by atoms with Crippen LogP contribution in [0.5, 0.6) is 0 Å². The predicted octanol–water partition coefficient (Wildman–Crippen LogP) is 3.96. The van der Waals surface area contributed by atoms with E-state index < -0.39 is 35.1 Å². The Morgan fingerprint density at radius 3 is 2.06 bits per heavy atom. The van der Waals surface area contributed by atoms with Gasteiger partial charge in [0.25, 0.3) is 0 Å². The van der Waals surface area contributed by atoms with E-state index in [9.17, 15) is 24.3 Å². The number of esters is 1. The summed E-state index contributed by atoms with van der Waals surface area (Å²) < 4.78 is 21.6. The predicted molar refractivity (Wildman–Crippen MR) is 194 cm³/mol. The van der Waals surface area contributed by atoms with E-state index in [-0.39, 0.29) is 69.5 Å². The third kappa shape index (κ3) is 13.9. The minimum absolute atomic E-state index is 0.00542. The van der Waals surface area contributed by atoms with Crippen molar-refractivity contribution >= 4 is 35.0 Å². The summed E-state index contributed by atoms with van der Waals surface area (Å²) in [5.74, 6) is -1.47. The molecule has 4 unspecified atom stereocenters. The summed E-state index contributed by atoms with van der Waals surface area (Å²) in [5.41, 5.74) is 3.54. The van der Waals surface area contributed by atoms with Gasteiger partial charge in [-0.1, -0.05) is 45.0 Å². The van der Waals surface area contributed by atoms with Crippen molar-refractivity contribution in [1.29, 1.82) is 0 Å². The summed E-state index contributed by atoms with van der Waals surface area (Å²) in [6, 6.07) is 5.78. The first kappa shape index (κ1) is 42.0. The summed E-state index contributed by atoms with van der Waals surface area (Å²) in [6.07, 6.45) is -0.562. The Hall–Kier alpha value is -3.43. The molecular weight excluding hydrogens is 676 g/mol. The van der Waals surface area contributed by atoms with Crippen molar-refractivity contribution in [1.82, 2.24) is 20.5 Å². The van der Waals surface area contributed by atoms with Crippen molar-refractivity contribution in [3.63, 3.8) is 0 Å². The number of aliphatic hydroxyl groups is 1. The summed E-state index contributed by atoms with van der Waals surface area (Å²) in [4.78, 5) is 58.8. The van der Waals surface area contributed by atoms with E-state index in [1.165, 1.54) is 4.90 Å². The summed E-state index contributed by atoms with van der Waals surface area (Å²) in [6.45, 7) is 16.4. The second-order valence-electron chi connectivity index (χ2n) is 14.8. The molecule has 13 nitrogen and oxygen atoms in total. The van der Waals surface area contributed by atoms with Crippen molar-refractivity contribution in [2.45, 2.75) is 104 Å². The summed E-state index contributed by atoms with van der Waals surface area (Å²) >= 11 is 1.57. The molecule has 3 N–H and O–H groups in total. The van der Waals surface area contributed by atoms with E-state index >= 15 is 0 Å². The van der Waals surface area contributed by atoms with Gasteiger partial charge in [-0.3, -0.25) is 19.2 Å². The fourth-order valence-electron chi connectivity index (χ4n) is 5.50. The Morgan fingerprint density at radius 2 is 1.51 bits per heavy atom. The molecule has 0 bridgehead atoms. The zero-order valence-corrected chi connectivity index (χ0v) is 32.1. The average molecular weight is 733 g/mol. The maximum atomic E-state index is 13.9. The highest BCUT2D eigenvalue weighted by Crippen LogP contribution is 2.29. The molecule has 284 valence electrons. The number of hydrogen-bond acceptors (Lipinski definition) is 11. The first-order valence-electron chi connectivity index (χ1n) is 17.5. The topological polar surface area (TPSA) is 166 Å². The molecule has 14 heteroatoms. The zero-order chi connectivity index (χ0) is 37.8. The molecule has 0 radical (unpaired) electrons. The molecule has 1 aliphatic heterocycles. The molecule has 2 heterocycles. The van der Waals surface area contributed by atoms with E-state index in [0.717, 1.165) is 21.7 Å². The Bertz CT molecular complexity index is 1430. The second-order valence-corrected chi connectivity index (χ2v) is 15.7. The van der Waals surface area contributed by atoms with Crippen LogP contribution in [0.3, 0.4) is 0 Å². The lowest BCUT2D eigenvalue weighted by Gasteiger charge is -2.35. The van der Waals surface area contributed by atoms with E-state index in [2.05, 4.69) is 15.6 Å². The number of likely N-dealkylation sites (tertiary alicyclic amines) is 1. The van der Waals surface area contributed by atoms with E-state index in [1.54, 1.807) is 11.3 Å². The number of nitrogens with one attached hydrogen (secondary N) is 2. The van der Waals surface area contributed by atoms with Crippen LogP contribution in [0.1, 0.15) is 85.0 Å². The third-order valence-electron chi connectivity index (χ3n) is 8.15. The van der Waals surface area contributed by atoms with E-state index in [0.29, 0.717) is 19.8 Å². The highest BCUT2D eigenvalue weighted by Gasteiger charge is 2.44. The van der Waals surface area contributed by atoms with Gasteiger partial charge in [0.2, 0.25) is 17.7 Å². The van der Waals surface area contributed by atoms with Crippen LogP contribution in [-0.4, -0.2) is 109 Å². The molecule has 1 aromatic heterocycles. The first-order chi connectivity index (χ1) is 24.0. The molecule has 2 aromatic rings. The van der Waals surface area contributed by atoms with Crippen LogP contribution < -0.4 is 10.6 Å². The molecule has 1 fully saturated rings. The van der Waals surface area contributed by atoms with Gasteiger partial charge in [-0.2, -0.15) is 0 Å². The fraction of sp³-hybridized carbons (Fsp3) is 0.649. The van der Waals surface area contributed by atoms with Crippen LogP contribution in [0.4, 0.5) is 0 Å². The number of carbonyl (C=O) groups excluding carboxylic acids is 4. The number of nitrogens with zero attached hydrogens (tertiary/aromatic N) is 2. The molecule has 1 aromatic carbocycles. The number of thiazole rings is 1. The van der Waals surface area contributed by atoms with Crippen LogP contribution in [0, 0.1) is 12.3 Å². The van der Waals surface area contributed by atoms with Crippen LogP contribution in [0.15, 0.2) is 29.8 Å². The van der Waals surface area contributed by atoms with Gasteiger partial charge in [0.1, 0.15) is 17.7 Å². The highest BCUT2D eigenvalue weighted by atomic mass is 32.1. The molecule has 51 heavy (non-hydrogen) atoms. The van der Waals surface area contributed by atoms with Gasteiger partial charge >= 0.3 is 5.97 Å². The minimum Gasteiger partial charge on any atom is -0.460 e. The number of aromatic nitrogens is 1. The van der Waals surface area contributed by atoms with Gasteiger partial charge in [-0.05, 0) is 51.2 Å². The average Bonchev–Trinajstić information content (AvgIpc) is 3.66. The van der Waals surface area contributed by atoms with Gasteiger partial charge in [0.15, 0.2) is 0 Å². The number of β-amino-alcohol motifs (C(OH)–C–C–N with tert-alkyl or cyclic N) is 1. The summed E-state index contributed by atoms with van der Waals surface area (Å²) in [7, 11) is 0. The van der Waals surface area contributed by atoms with Crippen LogP contribution >= 0.6 is 11.3 Å². The normalized spacial score (nSPS) is 17.5. The minimum atomic E-state index is -0.926. The Labute approximate surface area is 305 Å². The van der Waals surface area contributed by atoms with Crippen molar-refractivity contribution in [3.8, 4) is 10.4 Å². The number of hydrogen-bond donors (Lipinski definition) is 3. The van der Waals surface area contributed by atoms with Crippen LogP contribution in [-0.2, 0) is 38.1 Å². The maximum Gasteiger partial charge on any atom is 0.308 e. The smallest absolute Gasteiger partial charge is 0.308 e. The molecule has 0 saturated carbocycles. The lowest BCUT2D eigenvalue weighted by molar-refractivity contribution is -0.156. The van der Waals surface area contributed by atoms with Crippen molar-refractivity contribution in [3.05, 3.63) is 41.0 Å². The molecule has 3 amide bonds. The molecule has 3 rings (SSSR count). The maximum absolute atomic E-state index is 13.9. The number of carbonyl (C=O) groups is 4. The number of rotatable bonds is 18. The number of benzene rings is 1. The van der Waals surface area contributed by atoms with E-state index in [4.69, 9.17) is 18.9 Å². The monoisotopic (exact) mass is 732 g/mol.